The number of hydrogen-bond donors (Lipinski definition) is 1. The number of para-hydroxylation sites is 1. The van der Waals surface area contributed by atoms with Gasteiger partial charge in [0, 0.05) is 22.5 Å². The number of nitrogens with zero attached hydrogens (tertiary/aromatic N) is 3. The van der Waals surface area contributed by atoms with E-state index in [1.807, 2.05) is 43.3 Å². The molecule has 1 heterocycles. The zero-order chi connectivity index (χ0) is 17.1. The summed E-state index contributed by atoms with van der Waals surface area (Å²) in [5, 5.41) is 4.65. The van der Waals surface area contributed by atoms with Gasteiger partial charge in [-0.15, -0.1) is 0 Å². The normalized spacial score (nSPS) is 12.5. The van der Waals surface area contributed by atoms with Crippen LogP contribution in [0.2, 0.25) is 5.02 Å². The second-order valence-corrected chi connectivity index (χ2v) is 6.14. The molecule has 0 amide bonds. The summed E-state index contributed by atoms with van der Waals surface area (Å²) in [4.78, 5) is 10.5. The molecule has 24 heavy (non-hydrogen) atoms. The minimum atomic E-state index is -0.310. The molecule has 0 radical (unpaired) electrons. The Kier molecular flexibility index (Phi) is 4.92. The zero-order valence-corrected chi connectivity index (χ0v) is 14.3. The largest absolute Gasteiger partial charge is 0.368 e. The summed E-state index contributed by atoms with van der Waals surface area (Å²) in [5.74, 6) is 0.412. The Morgan fingerprint density at radius 3 is 2.67 bits per heavy atom. The van der Waals surface area contributed by atoms with Crippen LogP contribution in [0.25, 0.3) is 10.9 Å². The van der Waals surface area contributed by atoms with E-state index in [1.165, 1.54) is 12.4 Å². The highest BCUT2D eigenvalue weighted by atomic mass is 35.5. The van der Waals surface area contributed by atoms with Gasteiger partial charge in [-0.25, -0.2) is 14.4 Å². The molecule has 1 unspecified atom stereocenters. The molecule has 124 valence electrons. The van der Waals surface area contributed by atoms with Gasteiger partial charge in [0.15, 0.2) is 0 Å². The van der Waals surface area contributed by atoms with Crippen molar-refractivity contribution in [1.29, 1.82) is 0 Å². The molecule has 0 saturated heterocycles. The molecule has 3 rings (SSSR count). The molecule has 1 atom stereocenters. The van der Waals surface area contributed by atoms with Gasteiger partial charge in [0.05, 0.1) is 11.6 Å². The first kappa shape index (κ1) is 16.6. The summed E-state index contributed by atoms with van der Waals surface area (Å²) in [5.41, 5.74) is 1.34. The summed E-state index contributed by atoms with van der Waals surface area (Å²) in [7, 11) is 3.79. The quantitative estimate of drug-likeness (QED) is 0.755. The molecule has 0 aliphatic heterocycles. The molecule has 1 N–H and O–H groups in total. The lowest BCUT2D eigenvalue weighted by Crippen LogP contribution is -2.28. The summed E-state index contributed by atoms with van der Waals surface area (Å²) in [6.07, 6.45) is 1.52. The highest BCUT2D eigenvalue weighted by Crippen LogP contribution is 2.29. The van der Waals surface area contributed by atoms with Crippen LogP contribution in [-0.4, -0.2) is 35.5 Å². The molecule has 1 aromatic heterocycles. The SMILES string of the molecule is CN(C)C(CNc1ncnc2ccccc12)c1c(F)cccc1Cl. The van der Waals surface area contributed by atoms with Crippen LogP contribution in [0, 0.1) is 5.82 Å². The Balaban J connectivity index is 1.90. The van der Waals surface area contributed by atoms with Crippen molar-refractivity contribution in [3.63, 3.8) is 0 Å². The lowest BCUT2D eigenvalue weighted by atomic mass is 10.0. The lowest BCUT2D eigenvalue weighted by molar-refractivity contribution is 0.304. The molecule has 2 aromatic carbocycles. The number of anilines is 1. The van der Waals surface area contributed by atoms with Crippen molar-refractivity contribution >= 4 is 28.3 Å². The van der Waals surface area contributed by atoms with Crippen LogP contribution in [0.1, 0.15) is 11.6 Å². The van der Waals surface area contributed by atoms with E-state index in [9.17, 15) is 4.39 Å². The Hall–Kier alpha value is -2.24. The fraction of sp³-hybridized carbons (Fsp3) is 0.222. The van der Waals surface area contributed by atoms with Crippen molar-refractivity contribution in [3.8, 4) is 0 Å². The van der Waals surface area contributed by atoms with Gasteiger partial charge in [0.2, 0.25) is 0 Å². The topological polar surface area (TPSA) is 41.0 Å². The average molecular weight is 345 g/mol. The summed E-state index contributed by atoms with van der Waals surface area (Å²) in [6.45, 7) is 0.467. The van der Waals surface area contributed by atoms with Crippen molar-refractivity contribution in [2.75, 3.05) is 26.0 Å². The Bertz CT molecular complexity index is 828. The highest BCUT2D eigenvalue weighted by molar-refractivity contribution is 6.31. The second-order valence-electron chi connectivity index (χ2n) is 5.74. The molecule has 0 aliphatic rings. The maximum absolute atomic E-state index is 14.3. The second kappa shape index (κ2) is 7.11. The maximum Gasteiger partial charge on any atom is 0.137 e. The smallest absolute Gasteiger partial charge is 0.137 e. The fourth-order valence-electron chi connectivity index (χ4n) is 2.71. The molecule has 0 spiro atoms. The summed E-state index contributed by atoms with van der Waals surface area (Å²) < 4.78 is 14.3. The van der Waals surface area contributed by atoms with E-state index in [-0.39, 0.29) is 11.9 Å². The van der Waals surface area contributed by atoms with Crippen molar-refractivity contribution < 1.29 is 4.39 Å². The zero-order valence-electron chi connectivity index (χ0n) is 13.5. The van der Waals surface area contributed by atoms with E-state index in [2.05, 4.69) is 15.3 Å². The standard InChI is InChI=1S/C18H18ClFN4/c1-24(2)16(17-13(19)7-5-8-14(17)20)10-21-18-12-6-3-4-9-15(12)22-11-23-18/h3-9,11,16H,10H2,1-2H3,(H,21,22,23). The molecule has 0 bridgehead atoms. The molecule has 0 saturated carbocycles. The van der Waals surface area contributed by atoms with Gasteiger partial charge in [-0.2, -0.15) is 0 Å². The molecular weight excluding hydrogens is 327 g/mol. The predicted octanol–water partition coefficient (Wildman–Crippen LogP) is 4.14. The summed E-state index contributed by atoms with van der Waals surface area (Å²) >= 11 is 6.23. The Labute approximate surface area is 145 Å². The first-order valence-corrected chi connectivity index (χ1v) is 7.99. The van der Waals surface area contributed by atoms with Crippen LogP contribution < -0.4 is 5.32 Å². The Morgan fingerprint density at radius 2 is 1.92 bits per heavy atom. The van der Waals surface area contributed by atoms with Crippen molar-refractivity contribution in [2.45, 2.75) is 6.04 Å². The van der Waals surface area contributed by atoms with E-state index in [0.29, 0.717) is 17.1 Å². The fourth-order valence-corrected chi connectivity index (χ4v) is 3.00. The van der Waals surface area contributed by atoms with Gasteiger partial charge < -0.3 is 10.2 Å². The van der Waals surface area contributed by atoms with E-state index in [0.717, 1.165) is 16.7 Å². The predicted molar refractivity (Wildman–Crippen MR) is 95.9 cm³/mol. The number of rotatable bonds is 5. The first-order valence-electron chi connectivity index (χ1n) is 7.62. The monoisotopic (exact) mass is 344 g/mol. The summed E-state index contributed by atoms with van der Waals surface area (Å²) in [6, 6.07) is 12.3. The van der Waals surface area contributed by atoms with Crippen LogP contribution in [-0.2, 0) is 0 Å². The number of benzene rings is 2. The van der Waals surface area contributed by atoms with Gasteiger partial charge in [0.25, 0.3) is 0 Å². The maximum atomic E-state index is 14.3. The van der Waals surface area contributed by atoms with Crippen molar-refractivity contribution in [3.05, 3.63) is 65.2 Å². The van der Waals surface area contributed by atoms with Crippen LogP contribution in [0.15, 0.2) is 48.8 Å². The van der Waals surface area contributed by atoms with E-state index >= 15 is 0 Å². The lowest BCUT2D eigenvalue weighted by Gasteiger charge is -2.26. The van der Waals surface area contributed by atoms with Gasteiger partial charge in [-0.3, -0.25) is 0 Å². The van der Waals surface area contributed by atoms with Crippen LogP contribution in [0.4, 0.5) is 10.2 Å². The Morgan fingerprint density at radius 1 is 1.12 bits per heavy atom. The van der Waals surface area contributed by atoms with E-state index in [1.54, 1.807) is 12.1 Å². The van der Waals surface area contributed by atoms with Crippen LogP contribution in [0.5, 0.6) is 0 Å². The minimum Gasteiger partial charge on any atom is -0.368 e. The number of fused-ring (bicyclic) bond motifs is 1. The van der Waals surface area contributed by atoms with Gasteiger partial charge >= 0.3 is 0 Å². The van der Waals surface area contributed by atoms with Gasteiger partial charge in [-0.05, 0) is 38.4 Å². The number of aromatic nitrogens is 2. The molecule has 0 aliphatic carbocycles. The molecule has 6 heteroatoms. The third-order valence-electron chi connectivity index (χ3n) is 3.96. The molecule has 0 fully saturated rings. The van der Waals surface area contributed by atoms with Gasteiger partial charge in [-0.1, -0.05) is 29.8 Å². The van der Waals surface area contributed by atoms with Crippen LogP contribution in [0.3, 0.4) is 0 Å². The third kappa shape index (κ3) is 3.32. The van der Waals surface area contributed by atoms with Gasteiger partial charge in [0.1, 0.15) is 18.0 Å². The third-order valence-corrected chi connectivity index (χ3v) is 4.29. The number of nitrogens with one attached hydrogen (secondary N) is 1. The highest BCUT2D eigenvalue weighted by Gasteiger charge is 2.21. The molecule has 4 nitrogen and oxygen atoms in total. The van der Waals surface area contributed by atoms with Crippen LogP contribution >= 0.6 is 11.6 Å². The number of hydrogen-bond acceptors (Lipinski definition) is 4. The van der Waals surface area contributed by atoms with Crippen molar-refractivity contribution in [1.82, 2.24) is 14.9 Å². The number of likely N-dealkylation sites (N-methyl/N-ethyl adjacent to an activating group) is 1. The van der Waals surface area contributed by atoms with E-state index in [4.69, 9.17) is 11.6 Å². The molecular formula is C18H18ClFN4. The number of halogens is 2. The molecule has 3 aromatic rings. The van der Waals surface area contributed by atoms with Crippen molar-refractivity contribution in [2.24, 2.45) is 0 Å². The van der Waals surface area contributed by atoms with E-state index < -0.39 is 0 Å². The minimum absolute atomic E-state index is 0.229. The first-order chi connectivity index (χ1) is 11.6. The average Bonchev–Trinajstić information content (AvgIpc) is 2.57.